The monoisotopic (exact) mass is 328 g/mol. The lowest BCUT2D eigenvalue weighted by molar-refractivity contribution is 0.0947. The number of hydrogen-bond acceptors (Lipinski definition) is 3. The number of rotatable bonds is 6. The Bertz CT molecular complexity index is 631. The van der Waals surface area contributed by atoms with E-state index in [1.54, 1.807) is 17.0 Å². The van der Waals surface area contributed by atoms with E-state index in [-0.39, 0.29) is 11.9 Å². The average molecular weight is 328 g/mol. The summed E-state index contributed by atoms with van der Waals surface area (Å²) >= 11 is 0. The largest absolute Gasteiger partial charge is 0.352 e. The third-order valence-electron chi connectivity index (χ3n) is 4.59. The van der Waals surface area contributed by atoms with Gasteiger partial charge in [0.05, 0.1) is 0 Å². The first kappa shape index (κ1) is 16.5. The summed E-state index contributed by atoms with van der Waals surface area (Å²) in [6.07, 6.45) is 3.02. The van der Waals surface area contributed by atoms with E-state index < -0.39 is 0 Å². The predicted octanol–water partition coefficient (Wildman–Crippen LogP) is 1.45. The number of amides is 3. The Balaban J connectivity index is 1.55. The van der Waals surface area contributed by atoms with Crippen molar-refractivity contribution in [2.75, 3.05) is 44.2 Å². The van der Waals surface area contributed by atoms with Crippen molar-refractivity contribution in [1.82, 2.24) is 15.5 Å². The molecule has 2 fully saturated rings. The summed E-state index contributed by atoms with van der Waals surface area (Å²) in [5, 5.41) is 5.79. The number of nitrogens with zero attached hydrogens (tertiary/aromatic N) is 2. The molecule has 6 nitrogen and oxygen atoms in total. The van der Waals surface area contributed by atoms with Crippen LogP contribution in [-0.4, -0.2) is 56.1 Å². The van der Waals surface area contributed by atoms with Gasteiger partial charge in [-0.2, -0.15) is 0 Å². The quantitative estimate of drug-likeness (QED) is 0.777. The number of carbonyl (C=O) groups excluding carboxylic acids is 2. The van der Waals surface area contributed by atoms with Crippen LogP contribution < -0.4 is 15.5 Å². The second-order valence-electron chi connectivity index (χ2n) is 6.35. The fraction of sp³-hybridized carbons (Fsp3) is 0.444. The van der Waals surface area contributed by atoms with Gasteiger partial charge in [0.15, 0.2) is 0 Å². The molecule has 3 rings (SSSR count). The fourth-order valence-corrected chi connectivity index (χ4v) is 3.30. The lowest BCUT2D eigenvalue weighted by Gasteiger charge is -2.16. The number of benzene rings is 1. The molecule has 3 amide bonds. The van der Waals surface area contributed by atoms with Crippen LogP contribution in [0.5, 0.6) is 0 Å². The highest BCUT2D eigenvalue weighted by Gasteiger charge is 2.23. The lowest BCUT2D eigenvalue weighted by Crippen LogP contribution is -2.31. The van der Waals surface area contributed by atoms with Crippen LogP contribution in [0.3, 0.4) is 0 Å². The molecule has 0 spiro atoms. The normalized spacial score (nSPS) is 20.9. The summed E-state index contributed by atoms with van der Waals surface area (Å²) in [5.41, 5.74) is 1.35. The van der Waals surface area contributed by atoms with Crippen molar-refractivity contribution < 1.29 is 9.59 Å². The molecular weight excluding hydrogens is 304 g/mol. The van der Waals surface area contributed by atoms with Crippen LogP contribution in [0, 0.1) is 5.92 Å². The van der Waals surface area contributed by atoms with Gasteiger partial charge in [-0.1, -0.05) is 12.1 Å². The van der Waals surface area contributed by atoms with Crippen molar-refractivity contribution in [1.29, 1.82) is 0 Å². The van der Waals surface area contributed by atoms with Gasteiger partial charge in [-0.3, -0.25) is 14.6 Å². The molecule has 2 heterocycles. The smallest absolute Gasteiger partial charge is 0.321 e. The zero-order chi connectivity index (χ0) is 16.9. The Labute approximate surface area is 142 Å². The summed E-state index contributed by atoms with van der Waals surface area (Å²) < 4.78 is 0. The maximum atomic E-state index is 12.4. The molecule has 24 heavy (non-hydrogen) atoms. The molecule has 0 radical (unpaired) electrons. The molecular formula is C18H24N4O2. The van der Waals surface area contributed by atoms with E-state index in [9.17, 15) is 9.59 Å². The summed E-state index contributed by atoms with van der Waals surface area (Å²) in [4.78, 5) is 28.1. The number of hydrogen-bond donors (Lipinski definition) is 2. The minimum atomic E-state index is -0.110. The topological polar surface area (TPSA) is 64.7 Å². The van der Waals surface area contributed by atoms with E-state index in [1.165, 1.54) is 0 Å². The molecule has 128 valence electrons. The van der Waals surface area contributed by atoms with Gasteiger partial charge in [0.25, 0.3) is 5.91 Å². The molecule has 2 aliphatic rings. The Morgan fingerprint density at radius 1 is 1.42 bits per heavy atom. The molecule has 1 aromatic carbocycles. The van der Waals surface area contributed by atoms with Crippen LogP contribution in [0.25, 0.3) is 0 Å². The van der Waals surface area contributed by atoms with Crippen molar-refractivity contribution >= 4 is 17.6 Å². The SMILES string of the molecule is C=CCN1CC[C@@H](CNC(=O)c2cccc(N3CCNC3=O)c2)C1. The molecule has 1 aromatic rings. The minimum Gasteiger partial charge on any atom is -0.352 e. The zero-order valence-electron chi connectivity index (χ0n) is 13.8. The van der Waals surface area contributed by atoms with Crippen molar-refractivity contribution in [3.05, 3.63) is 42.5 Å². The van der Waals surface area contributed by atoms with Crippen molar-refractivity contribution in [3.8, 4) is 0 Å². The molecule has 0 aliphatic carbocycles. The first-order valence-corrected chi connectivity index (χ1v) is 8.44. The highest BCUT2D eigenvalue weighted by molar-refractivity contribution is 5.98. The zero-order valence-corrected chi connectivity index (χ0v) is 13.8. The molecule has 1 atom stereocenters. The number of urea groups is 1. The average Bonchev–Trinajstić information content (AvgIpc) is 3.22. The van der Waals surface area contributed by atoms with E-state index in [0.717, 1.165) is 31.7 Å². The Morgan fingerprint density at radius 3 is 3.04 bits per heavy atom. The maximum absolute atomic E-state index is 12.4. The van der Waals surface area contributed by atoms with E-state index in [4.69, 9.17) is 0 Å². The van der Waals surface area contributed by atoms with Gasteiger partial charge in [-0.15, -0.1) is 6.58 Å². The van der Waals surface area contributed by atoms with Gasteiger partial charge in [0.2, 0.25) is 0 Å². The Morgan fingerprint density at radius 2 is 2.29 bits per heavy atom. The first-order chi connectivity index (χ1) is 11.7. The Kier molecular flexibility index (Phi) is 5.15. The van der Waals surface area contributed by atoms with Crippen LogP contribution in [0.4, 0.5) is 10.5 Å². The highest BCUT2D eigenvalue weighted by atomic mass is 16.2. The Hall–Kier alpha value is -2.34. The number of carbonyl (C=O) groups is 2. The summed E-state index contributed by atoms with van der Waals surface area (Å²) in [7, 11) is 0. The second-order valence-corrected chi connectivity index (χ2v) is 6.35. The van der Waals surface area contributed by atoms with Gasteiger partial charge < -0.3 is 10.6 Å². The van der Waals surface area contributed by atoms with Gasteiger partial charge in [0.1, 0.15) is 0 Å². The first-order valence-electron chi connectivity index (χ1n) is 8.44. The molecule has 0 aromatic heterocycles. The number of likely N-dealkylation sites (tertiary alicyclic amines) is 1. The van der Waals surface area contributed by atoms with Crippen LogP contribution in [-0.2, 0) is 0 Å². The highest BCUT2D eigenvalue weighted by Crippen LogP contribution is 2.19. The van der Waals surface area contributed by atoms with Crippen LogP contribution in [0.2, 0.25) is 0 Å². The fourth-order valence-electron chi connectivity index (χ4n) is 3.30. The van der Waals surface area contributed by atoms with Crippen molar-refractivity contribution in [3.63, 3.8) is 0 Å². The maximum Gasteiger partial charge on any atom is 0.321 e. The van der Waals surface area contributed by atoms with Crippen LogP contribution >= 0.6 is 0 Å². The van der Waals surface area contributed by atoms with E-state index in [2.05, 4.69) is 22.1 Å². The number of anilines is 1. The van der Waals surface area contributed by atoms with Crippen LogP contribution in [0.1, 0.15) is 16.8 Å². The van der Waals surface area contributed by atoms with Crippen molar-refractivity contribution in [2.45, 2.75) is 6.42 Å². The molecule has 0 bridgehead atoms. The summed E-state index contributed by atoms with van der Waals surface area (Å²) in [5.74, 6) is 0.403. The van der Waals surface area contributed by atoms with E-state index >= 15 is 0 Å². The van der Waals surface area contributed by atoms with Crippen LogP contribution in [0.15, 0.2) is 36.9 Å². The molecule has 2 N–H and O–H groups in total. The minimum absolute atomic E-state index is 0.0846. The molecule has 2 saturated heterocycles. The molecule has 0 unspecified atom stereocenters. The van der Waals surface area contributed by atoms with Gasteiger partial charge in [-0.05, 0) is 37.1 Å². The van der Waals surface area contributed by atoms with Gasteiger partial charge in [0, 0.05) is 44.0 Å². The molecule has 0 saturated carbocycles. The standard InChI is InChI=1S/C18H24N4O2/c1-2-8-21-9-6-14(13-21)12-20-17(23)15-4-3-5-16(11-15)22-10-7-19-18(22)24/h2-5,11,14H,1,6-10,12-13H2,(H,19,24)(H,20,23)/t14-/m0/s1. The summed E-state index contributed by atoms with van der Waals surface area (Å²) in [6.45, 7) is 8.68. The van der Waals surface area contributed by atoms with Crippen molar-refractivity contribution in [2.24, 2.45) is 5.92 Å². The van der Waals surface area contributed by atoms with Gasteiger partial charge >= 0.3 is 6.03 Å². The second kappa shape index (κ2) is 7.49. The third-order valence-corrected chi connectivity index (χ3v) is 4.59. The van der Waals surface area contributed by atoms with E-state index in [0.29, 0.717) is 31.1 Å². The number of nitrogens with one attached hydrogen (secondary N) is 2. The van der Waals surface area contributed by atoms with E-state index in [1.807, 2.05) is 18.2 Å². The lowest BCUT2D eigenvalue weighted by atomic mass is 10.1. The predicted molar refractivity (Wildman–Crippen MR) is 94.3 cm³/mol. The molecule has 2 aliphatic heterocycles. The third kappa shape index (κ3) is 3.76. The van der Waals surface area contributed by atoms with Gasteiger partial charge in [-0.25, -0.2) is 4.79 Å². The summed E-state index contributed by atoms with van der Waals surface area (Å²) in [6, 6.07) is 7.12. The molecule has 6 heteroatoms.